The van der Waals surface area contributed by atoms with Gasteiger partial charge in [0.1, 0.15) is 5.82 Å². The standard InChI is InChI=1S/C13H12BrClFN3/c14-9-4-8(16)5-10(15)13(9)19-7-17-6-12(19)11-2-1-3-18-11/h4-7,11,18H,1-3H2. The van der Waals surface area contributed by atoms with Crippen molar-refractivity contribution in [1.82, 2.24) is 14.9 Å². The Kier molecular flexibility index (Phi) is 3.60. The molecule has 19 heavy (non-hydrogen) atoms. The molecule has 1 aliphatic heterocycles. The third kappa shape index (κ3) is 2.42. The van der Waals surface area contributed by atoms with Crippen molar-refractivity contribution >= 4 is 27.5 Å². The van der Waals surface area contributed by atoms with Crippen molar-refractivity contribution in [3.8, 4) is 5.69 Å². The van der Waals surface area contributed by atoms with Gasteiger partial charge in [0.05, 0.1) is 28.9 Å². The maximum Gasteiger partial charge on any atom is 0.125 e. The second-order valence-electron chi connectivity index (χ2n) is 4.56. The summed E-state index contributed by atoms with van der Waals surface area (Å²) in [5, 5.41) is 3.79. The minimum Gasteiger partial charge on any atom is -0.309 e. The SMILES string of the molecule is Fc1cc(Cl)c(-n2cncc2C2CCCN2)c(Br)c1. The number of hydrogen-bond acceptors (Lipinski definition) is 2. The van der Waals surface area contributed by atoms with E-state index in [-0.39, 0.29) is 11.9 Å². The molecule has 2 aromatic rings. The molecule has 1 aromatic heterocycles. The molecule has 6 heteroatoms. The Hall–Kier alpha value is -0.910. The van der Waals surface area contributed by atoms with Crippen LogP contribution in [0, 0.1) is 5.82 Å². The molecular weight excluding hydrogens is 333 g/mol. The molecule has 0 radical (unpaired) electrons. The third-order valence-electron chi connectivity index (χ3n) is 3.31. The number of imidazole rings is 1. The first kappa shape index (κ1) is 13.1. The van der Waals surface area contributed by atoms with Crippen LogP contribution in [0.5, 0.6) is 0 Å². The van der Waals surface area contributed by atoms with Gasteiger partial charge in [-0.2, -0.15) is 0 Å². The minimum absolute atomic E-state index is 0.274. The number of aromatic nitrogens is 2. The van der Waals surface area contributed by atoms with Gasteiger partial charge in [-0.05, 0) is 47.4 Å². The fourth-order valence-corrected chi connectivity index (χ4v) is 3.49. The van der Waals surface area contributed by atoms with Crippen LogP contribution in [-0.4, -0.2) is 16.1 Å². The first-order valence-electron chi connectivity index (χ1n) is 6.07. The van der Waals surface area contributed by atoms with Crippen molar-refractivity contribution in [3.05, 3.63) is 45.7 Å². The number of nitrogens with zero attached hydrogens (tertiary/aromatic N) is 2. The second-order valence-corrected chi connectivity index (χ2v) is 5.82. The Bertz CT molecular complexity index is 585. The lowest BCUT2D eigenvalue weighted by atomic mass is 10.1. The van der Waals surface area contributed by atoms with E-state index in [1.165, 1.54) is 12.1 Å². The maximum atomic E-state index is 13.3. The largest absolute Gasteiger partial charge is 0.309 e. The molecule has 100 valence electrons. The molecule has 1 aliphatic rings. The predicted molar refractivity (Wildman–Crippen MR) is 76.2 cm³/mol. The van der Waals surface area contributed by atoms with Crippen LogP contribution in [0.25, 0.3) is 5.69 Å². The molecule has 1 atom stereocenters. The number of halogens is 3. The number of hydrogen-bond donors (Lipinski definition) is 1. The fourth-order valence-electron chi connectivity index (χ4n) is 2.45. The molecule has 0 aliphatic carbocycles. The molecular formula is C13H12BrClFN3. The second kappa shape index (κ2) is 5.23. The molecule has 0 amide bonds. The number of rotatable bonds is 2. The van der Waals surface area contributed by atoms with Gasteiger partial charge in [0.2, 0.25) is 0 Å². The molecule has 1 unspecified atom stereocenters. The first-order valence-corrected chi connectivity index (χ1v) is 7.24. The molecule has 0 bridgehead atoms. The Morgan fingerprint density at radius 3 is 3.00 bits per heavy atom. The zero-order valence-electron chi connectivity index (χ0n) is 10.0. The monoisotopic (exact) mass is 343 g/mol. The Labute approximate surface area is 123 Å². The lowest BCUT2D eigenvalue weighted by Gasteiger charge is -2.16. The molecule has 3 nitrogen and oxygen atoms in total. The molecule has 1 aromatic carbocycles. The third-order valence-corrected chi connectivity index (χ3v) is 4.20. The summed E-state index contributed by atoms with van der Waals surface area (Å²) in [7, 11) is 0. The van der Waals surface area contributed by atoms with E-state index in [9.17, 15) is 4.39 Å². The lowest BCUT2D eigenvalue weighted by molar-refractivity contribution is 0.612. The summed E-state index contributed by atoms with van der Waals surface area (Å²) in [6.45, 7) is 1.01. The van der Waals surface area contributed by atoms with E-state index < -0.39 is 0 Å². The molecule has 1 saturated heterocycles. The maximum absolute atomic E-state index is 13.3. The van der Waals surface area contributed by atoms with Crippen LogP contribution in [0.3, 0.4) is 0 Å². The van der Waals surface area contributed by atoms with E-state index in [1.54, 1.807) is 6.33 Å². The van der Waals surface area contributed by atoms with E-state index in [1.807, 2.05) is 10.8 Å². The normalized spacial score (nSPS) is 19.0. The van der Waals surface area contributed by atoms with E-state index in [0.29, 0.717) is 9.50 Å². The zero-order valence-corrected chi connectivity index (χ0v) is 12.4. The van der Waals surface area contributed by atoms with Crippen LogP contribution in [0.2, 0.25) is 5.02 Å². The van der Waals surface area contributed by atoms with E-state index in [0.717, 1.165) is 30.8 Å². The Morgan fingerprint density at radius 1 is 1.47 bits per heavy atom. The van der Waals surface area contributed by atoms with Gasteiger partial charge in [-0.3, -0.25) is 4.57 Å². The highest BCUT2D eigenvalue weighted by Crippen LogP contribution is 2.33. The van der Waals surface area contributed by atoms with Gasteiger partial charge >= 0.3 is 0 Å². The molecule has 0 spiro atoms. The highest BCUT2D eigenvalue weighted by atomic mass is 79.9. The van der Waals surface area contributed by atoms with Crippen molar-refractivity contribution in [2.75, 3.05) is 6.54 Å². The summed E-state index contributed by atoms with van der Waals surface area (Å²) in [4.78, 5) is 4.20. The van der Waals surface area contributed by atoms with Crippen molar-refractivity contribution < 1.29 is 4.39 Å². The van der Waals surface area contributed by atoms with Crippen molar-refractivity contribution in [2.45, 2.75) is 18.9 Å². The van der Waals surface area contributed by atoms with Crippen LogP contribution in [0.4, 0.5) is 4.39 Å². The summed E-state index contributed by atoms with van der Waals surface area (Å²) in [6.07, 6.45) is 5.75. The highest BCUT2D eigenvalue weighted by molar-refractivity contribution is 9.10. The lowest BCUT2D eigenvalue weighted by Crippen LogP contribution is -2.16. The van der Waals surface area contributed by atoms with Gasteiger partial charge in [0.25, 0.3) is 0 Å². The summed E-state index contributed by atoms with van der Waals surface area (Å²) in [5.74, 6) is -0.360. The summed E-state index contributed by atoms with van der Waals surface area (Å²) in [5.41, 5.74) is 1.77. The van der Waals surface area contributed by atoms with Gasteiger partial charge in [-0.25, -0.2) is 9.37 Å². The topological polar surface area (TPSA) is 29.9 Å². The summed E-state index contributed by atoms with van der Waals surface area (Å²) >= 11 is 9.53. The van der Waals surface area contributed by atoms with Crippen LogP contribution in [0.1, 0.15) is 24.6 Å². The molecule has 0 saturated carbocycles. The Balaban J connectivity index is 2.10. The number of nitrogens with one attached hydrogen (secondary N) is 1. The molecule has 1 N–H and O–H groups in total. The van der Waals surface area contributed by atoms with Gasteiger partial charge in [0, 0.05) is 10.5 Å². The summed E-state index contributed by atoms with van der Waals surface area (Å²) in [6, 6.07) is 3.00. The van der Waals surface area contributed by atoms with Gasteiger partial charge in [0.15, 0.2) is 0 Å². The van der Waals surface area contributed by atoms with E-state index >= 15 is 0 Å². The van der Waals surface area contributed by atoms with E-state index in [2.05, 4.69) is 26.2 Å². The average molecular weight is 345 g/mol. The van der Waals surface area contributed by atoms with E-state index in [4.69, 9.17) is 11.6 Å². The molecule has 2 heterocycles. The number of benzene rings is 1. The zero-order chi connectivity index (χ0) is 13.4. The molecule has 1 fully saturated rings. The fraction of sp³-hybridized carbons (Fsp3) is 0.308. The minimum atomic E-state index is -0.360. The Morgan fingerprint density at radius 2 is 2.32 bits per heavy atom. The quantitative estimate of drug-likeness (QED) is 0.897. The van der Waals surface area contributed by atoms with Gasteiger partial charge in [-0.15, -0.1) is 0 Å². The van der Waals surface area contributed by atoms with Crippen molar-refractivity contribution in [2.24, 2.45) is 0 Å². The van der Waals surface area contributed by atoms with Crippen LogP contribution in [-0.2, 0) is 0 Å². The van der Waals surface area contributed by atoms with Crippen LogP contribution in [0.15, 0.2) is 29.1 Å². The molecule has 3 rings (SSSR count). The van der Waals surface area contributed by atoms with Crippen molar-refractivity contribution in [3.63, 3.8) is 0 Å². The van der Waals surface area contributed by atoms with Crippen LogP contribution < -0.4 is 5.32 Å². The first-order chi connectivity index (χ1) is 9.16. The van der Waals surface area contributed by atoms with Crippen molar-refractivity contribution in [1.29, 1.82) is 0 Å². The summed E-state index contributed by atoms with van der Waals surface area (Å²) < 4.78 is 15.8. The predicted octanol–water partition coefficient (Wildman–Crippen LogP) is 3.85. The van der Waals surface area contributed by atoms with Crippen LogP contribution >= 0.6 is 27.5 Å². The smallest absolute Gasteiger partial charge is 0.125 e. The highest BCUT2D eigenvalue weighted by Gasteiger charge is 2.22. The average Bonchev–Trinajstić information content (AvgIpc) is 2.96. The van der Waals surface area contributed by atoms with Gasteiger partial charge in [-0.1, -0.05) is 11.6 Å². The van der Waals surface area contributed by atoms with Gasteiger partial charge < -0.3 is 5.32 Å².